The van der Waals surface area contributed by atoms with Gasteiger partial charge in [0, 0.05) is 25.3 Å². The number of hydrogen-bond acceptors (Lipinski definition) is 3. The zero-order valence-electron chi connectivity index (χ0n) is 9.71. The first-order valence-electron chi connectivity index (χ1n) is 6.28. The molecule has 2 fully saturated rings. The molecule has 2 aliphatic rings. The SMILES string of the molecule is CC(NC1CCSCC1)C1CCOCC1. The number of ether oxygens (including phenoxy) is 1. The van der Waals surface area contributed by atoms with Gasteiger partial charge in [0.15, 0.2) is 0 Å². The predicted molar refractivity (Wildman–Crippen MR) is 66.5 cm³/mol. The molecule has 2 aliphatic heterocycles. The molecule has 1 N–H and O–H groups in total. The van der Waals surface area contributed by atoms with Gasteiger partial charge in [0.1, 0.15) is 0 Å². The molecule has 15 heavy (non-hydrogen) atoms. The molecule has 1 atom stereocenters. The lowest BCUT2D eigenvalue weighted by atomic mass is 9.92. The zero-order valence-corrected chi connectivity index (χ0v) is 10.5. The Morgan fingerprint density at radius 2 is 1.80 bits per heavy atom. The third-order valence-electron chi connectivity index (χ3n) is 3.69. The summed E-state index contributed by atoms with van der Waals surface area (Å²) in [5, 5.41) is 3.82. The zero-order chi connectivity index (χ0) is 10.5. The fourth-order valence-electron chi connectivity index (χ4n) is 2.59. The Balaban J connectivity index is 1.72. The summed E-state index contributed by atoms with van der Waals surface area (Å²) in [6, 6.07) is 1.46. The van der Waals surface area contributed by atoms with E-state index in [9.17, 15) is 0 Å². The monoisotopic (exact) mass is 229 g/mol. The van der Waals surface area contributed by atoms with Crippen LogP contribution in [0, 0.1) is 5.92 Å². The minimum absolute atomic E-state index is 0.682. The van der Waals surface area contributed by atoms with Crippen LogP contribution in [-0.2, 0) is 4.74 Å². The van der Waals surface area contributed by atoms with Crippen LogP contribution in [-0.4, -0.2) is 36.8 Å². The van der Waals surface area contributed by atoms with Gasteiger partial charge in [0.05, 0.1) is 0 Å². The van der Waals surface area contributed by atoms with Gasteiger partial charge >= 0.3 is 0 Å². The molecule has 2 heterocycles. The Morgan fingerprint density at radius 3 is 2.47 bits per heavy atom. The maximum atomic E-state index is 5.41. The van der Waals surface area contributed by atoms with Crippen molar-refractivity contribution in [3.05, 3.63) is 0 Å². The highest BCUT2D eigenvalue weighted by Crippen LogP contribution is 2.22. The van der Waals surface area contributed by atoms with Crippen LogP contribution < -0.4 is 5.32 Å². The van der Waals surface area contributed by atoms with Crippen molar-refractivity contribution in [3.8, 4) is 0 Å². The van der Waals surface area contributed by atoms with E-state index < -0.39 is 0 Å². The van der Waals surface area contributed by atoms with Gasteiger partial charge in [-0.25, -0.2) is 0 Å². The lowest BCUT2D eigenvalue weighted by Crippen LogP contribution is -2.44. The standard InChI is InChI=1S/C12H23NOS/c1-10(11-2-6-14-7-3-11)13-12-4-8-15-9-5-12/h10-13H,2-9H2,1H3. The number of rotatable bonds is 3. The molecular formula is C12H23NOS. The molecule has 2 rings (SSSR count). The van der Waals surface area contributed by atoms with Crippen molar-refractivity contribution < 1.29 is 4.74 Å². The van der Waals surface area contributed by atoms with Crippen LogP contribution in [0.15, 0.2) is 0 Å². The number of hydrogen-bond donors (Lipinski definition) is 1. The third-order valence-corrected chi connectivity index (χ3v) is 4.74. The number of thioether (sulfide) groups is 1. The van der Waals surface area contributed by atoms with Gasteiger partial charge in [0.2, 0.25) is 0 Å². The van der Waals surface area contributed by atoms with Crippen molar-refractivity contribution in [1.29, 1.82) is 0 Å². The normalized spacial score (nSPS) is 27.8. The topological polar surface area (TPSA) is 21.3 Å². The predicted octanol–water partition coefficient (Wildman–Crippen LogP) is 2.29. The summed E-state index contributed by atoms with van der Waals surface area (Å²) in [7, 11) is 0. The minimum Gasteiger partial charge on any atom is -0.381 e. The highest BCUT2D eigenvalue weighted by Gasteiger charge is 2.23. The van der Waals surface area contributed by atoms with Crippen molar-refractivity contribution in [3.63, 3.8) is 0 Å². The van der Waals surface area contributed by atoms with Gasteiger partial charge < -0.3 is 10.1 Å². The van der Waals surface area contributed by atoms with Crippen LogP contribution in [0.5, 0.6) is 0 Å². The van der Waals surface area contributed by atoms with Crippen molar-refractivity contribution >= 4 is 11.8 Å². The minimum atomic E-state index is 0.682. The summed E-state index contributed by atoms with van der Waals surface area (Å²) in [6.07, 6.45) is 5.21. The molecule has 0 aromatic heterocycles. The summed E-state index contributed by atoms with van der Waals surface area (Å²) in [5.41, 5.74) is 0. The molecular weight excluding hydrogens is 206 g/mol. The van der Waals surface area contributed by atoms with Gasteiger partial charge in [-0.1, -0.05) is 0 Å². The molecule has 0 spiro atoms. The third kappa shape index (κ3) is 3.65. The number of nitrogens with one attached hydrogen (secondary N) is 1. The van der Waals surface area contributed by atoms with Gasteiger partial charge in [-0.3, -0.25) is 0 Å². The van der Waals surface area contributed by atoms with E-state index in [0.717, 1.165) is 25.2 Å². The summed E-state index contributed by atoms with van der Waals surface area (Å²) < 4.78 is 5.41. The van der Waals surface area contributed by atoms with E-state index >= 15 is 0 Å². The van der Waals surface area contributed by atoms with Crippen LogP contribution in [0.25, 0.3) is 0 Å². The first-order chi connectivity index (χ1) is 7.36. The van der Waals surface area contributed by atoms with Crippen molar-refractivity contribution in [2.24, 2.45) is 5.92 Å². The molecule has 0 aliphatic carbocycles. The second-order valence-corrected chi connectivity index (χ2v) is 6.02. The Bertz CT molecular complexity index is 176. The van der Waals surface area contributed by atoms with Crippen molar-refractivity contribution in [2.75, 3.05) is 24.7 Å². The molecule has 88 valence electrons. The maximum Gasteiger partial charge on any atom is 0.0469 e. The Hall–Kier alpha value is 0.270. The van der Waals surface area contributed by atoms with Gasteiger partial charge in [-0.15, -0.1) is 0 Å². The van der Waals surface area contributed by atoms with E-state index in [1.165, 1.54) is 37.2 Å². The summed E-state index contributed by atoms with van der Waals surface area (Å²) in [4.78, 5) is 0. The fraction of sp³-hybridized carbons (Fsp3) is 1.00. The van der Waals surface area contributed by atoms with Gasteiger partial charge in [0.25, 0.3) is 0 Å². The first-order valence-corrected chi connectivity index (χ1v) is 7.43. The van der Waals surface area contributed by atoms with E-state index in [0.29, 0.717) is 6.04 Å². The molecule has 0 aromatic rings. The Kier molecular flexibility index (Phi) is 4.79. The Labute approximate surface area is 97.5 Å². The molecule has 1 unspecified atom stereocenters. The average molecular weight is 229 g/mol. The smallest absolute Gasteiger partial charge is 0.0469 e. The van der Waals surface area contributed by atoms with E-state index in [2.05, 4.69) is 24.0 Å². The molecule has 0 saturated carbocycles. The summed E-state index contributed by atoms with van der Waals surface area (Å²) >= 11 is 2.10. The second kappa shape index (κ2) is 6.12. The van der Waals surface area contributed by atoms with Gasteiger partial charge in [-0.05, 0) is 50.0 Å². The largest absolute Gasteiger partial charge is 0.381 e. The highest BCUT2D eigenvalue weighted by molar-refractivity contribution is 7.99. The van der Waals surface area contributed by atoms with Crippen LogP contribution in [0.3, 0.4) is 0 Å². The lowest BCUT2D eigenvalue weighted by molar-refractivity contribution is 0.0542. The van der Waals surface area contributed by atoms with E-state index in [1.807, 2.05) is 0 Å². The van der Waals surface area contributed by atoms with Crippen molar-refractivity contribution in [2.45, 2.75) is 44.7 Å². The fourth-order valence-corrected chi connectivity index (χ4v) is 3.69. The molecule has 2 saturated heterocycles. The lowest BCUT2D eigenvalue weighted by Gasteiger charge is -2.33. The molecule has 2 nitrogen and oxygen atoms in total. The van der Waals surface area contributed by atoms with Gasteiger partial charge in [-0.2, -0.15) is 11.8 Å². The van der Waals surface area contributed by atoms with Crippen LogP contribution >= 0.6 is 11.8 Å². The second-order valence-electron chi connectivity index (χ2n) is 4.79. The quantitative estimate of drug-likeness (QED) is 0.802. The molecule has 0 radical (unpaired) electrons. The average Bonchev–Trinajstić information content (AvgIpc) is 2.31. The molecule has 3 heteroatoms. The molecule has 0 bridgehead atoms. The maximum absolute atomic E-state index is 5.41. The molecule has 0 aromatic carbocycles. The summed E-state index contributed by atoms with van der Waals surface area (Å²) in [5.74, 6) is 3.53. The Morgan fingerprint density at radius 1 is 1.13 bits per heavy atom. The van der Waals surface area contributed by atoms with E-state index in [4.69, 9.17) is 4.74 Å². The summed E-state index contributed by atoms with van der Waals surface area (Å²) in [6.45, 7) is 4.30. The van der Waals surface area contributed by atoms with Crippen LogP contribution in [0.1, 0.15) is 32.6 Å². The van der Waals surface area contributed by atoms with Crippen LogP contribution in [0.4, 0.5) is 0 Å². The van der Waals surface area contributed by atoms with E-state index in [1.54, 1.807) is 0 Å². The molecule has 0 amide bonds. The van der Waals surface area contributed by atoms with E-state index in [-0.39, 0.29) is 0 Å². The highest BCUT2D eigenvalue weighted by atomic mass is 32.2. The first kappa shape index (κ1) is 11.7. The van der Waals surface area contributed by atoms with Crippen LogP contribution in [0.2, 0.25) is 0 Å². The van der Waals surface area contributed by atoms with Crippen molar-refractivity contribution in [1.82, 2.24) is 5.32 Å².